The number of carbonyl (C=O) groups excluding carboxylic acids is 2. The van der Waals surface area contributed by atoms with Crippen molar-refractivity contribution >= 4 is 33.5 Å². The number of nitrogens with zero attached hydrogens (tertiary/aromatic N) is 1. The molecule has 1 aliphatic carbocycles. The zero-order valence-corrected chi connectivity index (χ0v) is 19.3. The molecule has 1 amide bonds. The predicted octanol–water partition coefficient (Wildman–Crippen LogP) is 3.76. The van der Waals surface area contributed by atoms with E-state index >= 15 is 0 Å². The molecule has 3 rings (SSSR count). The number of halogens is 1. The van der Waals surface area contributed by atoms with Crippen LogP contribution >= 0.6 is 11.6 Å². The van der Waals surface area contributed by atoms with E-state index in [-0.39, 0.29) is 21.4 Å². The molecule has 1 aromatic carbocycles. The van der Waals surface area contributed by atoms with Crippen LogP contribution in [0.25, 0.3) is 0 Å². The number of nitrogens with one attached hydrogen (secondary N) is 1. The predicted molar refractivity (Wildman–Crippen MR) is 119 cm³/mol. The first-order valence-corrected chi connectivity index (χ1v) is 12.9. The van der Waals surface area contributed by atoms with Crippen LogP contribution in [-0.2, 0) is 19.6 Å². The molecule has 2 fully saturated rings. The summed E-state index contributed by atoms with van der Waals surface area (Å²) in [4.78, 5) is 24.3. The molecule has 1 saturated carbocycles. The second kappa shape index (κ2) is 11.3. The Kier molecular flexibility index (Phi) is 8.75. The lowest BCUT2D eigenvalue weighted by molar-refractivity contribution is -0.124. The van der Waals surface area contributed by atoms with Gasteiger partial charge in [0.1, 0.15) is 4.90 Å². The second-order valence-corrected chi connectivity index (χ2v) is 10.7. The van der Waals surface area contributed by atoms with E-state index in [4.69, 9.17) is 16.3 Å². The first-order valence-electron chi connectivity index (χ1n) is 11.1. The number of ether oxygens (including phenoxy) is 1. The molecule has 1 aliphatic heterocycles. The van der Waals surface area contributed by atoms with Crippen molar-refractivity contribution in [2.45, 2.75) is 62.7 Å². The zero-order valence-electron chi connectivity index (χ0n) is 17.8. The Morgan fingerprint density at radius 3 is 2.35 bits per heavy atom. The lowest BCUT2D eigenvalue weighted by Gasteiger charge is -2.21. The normalized spacial score (nSPS) is 18.9. The Labute approximate surface area is 189 Å². The van der Waals surface area contributed by atoms with Gasteiger partial charge >= 0.3 is 5.97 Å². The number of hydrogen-bond donors (Lipinski definition) is 1. The van der Waals surface area contributed by atoms with E-state index in [2.05, 4.69) is 5.32 Å². The fourth-order valence-electron chi connectivity index (χ4n) is 4.16. The Morgan fingerprint density at radius 2 is 1.68 bits per heavy atom. The number of sulfonamides is 1. The van der Waals surface area contributed by atoms with Crippen LogP contribution in [0, 0.1) is 5.92 Å². The number of amides is 1. The van der Waals surface area contributed by atoms with Crippen LogP contribution < -0.4 is 5.32 Å². The van der Waals surface area contributed by atoms with Gasteiger partial charge in [0.05, 0.1) is 10.6 Å². The fourth-order valence-corrected chi connectivity index (χ4v) is 6.18. The maximum Gasteiger partial charge on any atom is 0.338 e. The van der Waals surface area contributed by atoms with Crippen LogP contribution in [0.15, 0.2) is 23.1 Å². The number of hydrogen-bond acceptors (Lipinski definition) is 5. The van der Waals surface area contributed by atoms with Gasteiger partial charge in [-0.2, -0.15) is 4.31 Å². The molecule has 1 N–H and O–H groups in total. The third kappa shape index (κ3) is 6.67. The Morgan fingerprint density at radius 1 is 1.03 bits per heavy atom. The van der Waals surface area contributed by atoms with Gasteiger partial charge in [0.25, 0.3) is 5.91 Å². The summed E-state index contributed by atoms with van der Waals surface area (Å²) < 4.78 is 32.7. The first kappa shape index (κ1) is 24.0. The molecule has 1 aromatic rings. The minimum atomic E-state index is -3.81. The number of carbonyl (C=O) groups is 2. The van der Waals surface area contributed by atoms with Crippen LogP contribution in [0.5, 0.6) is 0 Å². The highest BCUT2D eigenvalue weighted by Gasteiger charge is 2.28. The molecule has 172 valence electrons. The van der Waals surface area contributed by atoms with Crippen LogP contribution in [0.2, 0.25) is 5.02 Å². The Bertz CT molecular complexity index is 876. The molecule has 9 heteroatoms. The average Bonchev–Trinajstić information content (AvgIpc) is 3.07. The van der Waals surface area contributed by atoms with Crippen molar-refractivity contribution in [1.82, 2.24) is 9.62 Å². The number of esters is 1. The van der Waals surface area contributed by atoms with E-state index in [0.717, 1.165) is 38.5 Å². The summed E-state index contributed by atoms with van der Waals surface area (Å²) in [5, 5.41) is 2.87. The fraction of sp³-hybridized carbons (Fsp3) is 0.636. The smallest absolute Gasteiger partial charge is 0.338 e. The molecule has 0 unspecified atom stereocenters. The van der Waals surface area contributed by atoms with Gasteiger partial charge in [-0.15, -0.1) is 0 Å². The van der Waals surface area contributed by atoms with Gasteiger partial charge in [-0.25, -0.2) is 13.2 Å². The van der Waals surface area contributed by atoms with E-state index < -0.39 is 22.6 Å². The van der Waals surface area contributed by atoms with Gasteiger partial charge in [-0.1, -0.05) is 43.7 Å². The summed E-state index contributed by atoms with van der Waals surface area (Å²) >= 11 is 6.17. The van der Waals surface area contributed by atoms with Crippen LogP contribution in [0.3, 0.4) is 0 Å². The Balaban J connectivity index is 1.59. The van der Waals surface area contributed by atoms with Crippen molar-refractivity contribution in [3.63, 3.8) is 0 Å². The Hall–Kier alpha value is -1.64. The van der Waals surface area contributed by atoms with E-state index in [0.29, 0.717) is 25.6 Å². The minimum Gasteiger partial charge on any atom is -0.452 e. The summed E-state index contributed by atoms with van der Waals surface area (Å²) in [6.45, 7) is 1.07. The van der Waals surface area contributed by atoms with Crippen molar-refractivity contribution in [2.75, 3.05) is 26.2 Å². The first-order chi connectivity index (χ1) is 14.9. The van der Waals surface area contributed by atoms with Crippen molar-refractivity contribution in [3.8, 4) is 0 Å². The number of rotatable bonds is 7. The van der Waals surface area contributed by atoms with Gasteiger partial charge in [0.15, 0.2) is 6.61 Å². The quantitative estimate of drug-likeness (QED) is 0.612. The second-order valence-electron chi connectivity index (χ2n) is 8.35. The van der Waals surface area contributed by atoms with Crippen LogP contribution in [0.1, 0.15) is 68.1 Å². The maximum absolute atomic E-state index is 13.1. The summed E-state index contributed by atoms with van der Waals surface area (Å²) in [7, 11) is -3.81. The lowest BCUT2D eigenvalue weighted by atomic mass is 9.89. The van der Waals surface area contributed by atoms with Gasteiger partial charge in [-0.05, 0) is 49.8 Å². The highest BCUT2D eigenvalue weighted by molar-refractivity contribution is 7.89. The third-order valence-corrected chi connectivity index (χ3v) is 8.38. The van der Waals surface area contributed by atoms with Crippen LogP contribution in [-0.4, -0.2) is 50.8 Å². The van der Waals surface area contributed by atoms with Gasteiger partial charge in [0.2, 0.25) is 10.0 Å². The molecular formula is C22H31ClN2O5S. The van der Waals surface area contributed by atoms with Gasteiger partial charge in [-0.3, -0.25) is 4.79 Å². The third-order valence-electron chi connectivity index (χ3n) is 6.00. The summed E-state index contributed by atoms with van der Waals surface area (Å²) in [5.41, 5.74) is 0.0536. The molecule has 1 saturated heterocycles. The largest absolute Gasteiger partial charge is 0.452 e. The van der Waals surface area contributed by atoms with Gasteiger partial charge < -0.3 is 10.1 Å². The molecule has 0 atom stereocenters. The van der Waals surface area contributed by atoms with E-state index in [1.165, 1.54) is 41.8 Å². The topological polar surface area (TPSA) is 92.8 Å². The van der Waals surface area contributed by atoms with Crippen LogP contribution in [0.4, 0.5) is 0 Å². The highest BCUT2D eigenvalue weighted by Crippen LogP contribution is 2.28. The molecule has 7 nitrogen and oxygen atoms in total. The molecule has 0 spiro atoms. The molecule has 2 aliphatic rings. The summed E-state index contributed by atoms with van der Waals surface area (Å²) in [5.74, 6) is -0.626. The average molecular weight is 471 g/mol. The summed E-state index contributed by atoms with van der Waals surface area (Å²) in [6.07, 6.45) is 9.44. The molecule has 0 radical (unpaired) electrons. The van der Waals surface area contributed by atoms with E-state index in [1.807, 2.05) is 0 Å². The van der Waals surface area contributed by atoms with Crippen molar-refractivity contribution in [2.24, 2.45) is 5.92 Å². The molecule has 1 heterocycles. The van der Waals surface area contributed by atoms with Crippen molar-refractivity contribution in [1.29, 1.82) is 0 Å². The molecule has 0 bridgehead atoms. The highest BCUT2D eigenvalue weighted by atomic mass is 35.5. The minimum absolute atomic E-state index is 0.0536. The number of benzene rings is 1. The van der Waals surface area contributed by atoms with Crippen molar-refractivity contribution < 1.29 is 22.7 Å². The van der Waals surface area contributed by atoms with E-state index in [9.17, 15) is 18.0 Å². The SMILES string of the molecule is O=C(COC(=O)c1ccc(Cl)c(S(=O)(=O)N2CCCCCC2)c1)NCC1CCCCC1. The molecular weight excluding hydrogens is 440 g/mol. The lowest BCUT2D eigenvalue weighted by Crippen LogP contribution is -2.33. The monoisotopic (exact) mass is 470 g/mol. The summed E-state index contributed by atoms with van der Waals surface area (Å²) in [6, 6.07) is 4.03. The van der Waals surface area contributed by atoms with E-state index in [1.54, 1.807) is 0 Å². The zero-order chi connectivity index (χ0) is 22.3. The van der Waals surface area contributed by atoms with Crippen molar-refractivity contribution in [3.05, 3.63) is 28.8 Å². The molecule has 31 heavy (non-hydrogen) atoms. The maximum atomic E-state index is 13.1. The van der Waals surface area contributed by atoms with Gasteiger partial charge in [0, 0.05) is 19.6 Å². The standard InChI is InChI=1S/C22H31ClN2O5S/c23-19-11-10-18(14-20(19)31(28,29)25-12-6-1-2-7-13-25)22(27)30-16-21(26)24-15-17-8-4-3-5-9-17/h10-11,14,17H,1-9,12-13,15-16H2,(H,24,26). The molecule has 0 aromatic heterocycles.